The third-order valence-electron chi connectivity index (χ3n) is 4.69. The molecule has 5 heteroatoms. The molecule has 0 saturated carbocycles. The maximum atomic E-state index is 6.09. The predicted molar refractivity (Wildman–Crippen MR) is 103 cm³/mol. The van der Waals surface area contributed by atoms with E-state index >= 15 is 0 Å². The molecule has 0 radical (unpaired) electrons. The third-order valence-corrected chi connectivity index (χ3v) is 4.93. The molecule has 0 aromatic heterocycles. The van der Waals surface area contributed by atoms with Gasteiger partial charge in [-0.1, -0.05) is 24.6 Å². The number of halogens is 1. The smallest absolute Gasteiger partial charge is 0.151 e. The van der Waals surface area contributed by atoms with Crippen LogP contribution in [0.1, 0.15) is 18.9 Å². The first-order valence-corrected chi connectivity index (χ1v) is 8.94. The van der Waals surface area contributed by atoms with Gasteiger partial charge in [-0.25, -0.2) is 4.99 Å². The van der Waals surface area contributed by atoms with Gasteiger partial charge >= 0.3 is 0 Å². The number of hydrogen-bond donors (Lipinski definition) is 0. The van der Waals surface area contributed by atoms with Gasteiger partial charge in [-0.3, -0.25) is 4.99 Å². The zero-order chi connectivity index (χ0) is 17.1. The summed E-state index contributed by atoms with van der Waals surface area (Å²) in [4.78, 5) is 14.4. The third kappa shape index (κ3) is 3.87. The predicted octanol–water partition coefficient (Wildman–Crippen LogP) is 3.92. The van der Waals surface area contributed by atoms with Crippen molar-refractivity contribution in [3.63, 3.8) is 0 Å². The Kier molecular flexibility index (Phi) is 5.36. The highest BCUT2D eigenvalue weighted by molar-refractivity contribution is 6.42. The molecule has 0 aliphatic carbocycles. The molecule has 24 heavy (non-hydrogen) atoms. The van der Waals surface area contributed by atoms with Crippen LogP contribution in [0.5, 0.6) is 0 Å². The van der Waals surface area contributed by atoms with Crippen molar-refractivity contribution >= 4 is 28.8 Å². The van der Waals surface area contributed by atoms with Gasteiger partial charge in [0.1, 0.15) is 0 Å². The lowest BCUT2D eigenvalue weighted by molar-refractivity contribution is 0.216. The molecule has 2 heterocycles. The number of aliphatic imine (C=N–C) groups is 2. The molecule has 1 fully saturated rings. The van der Waals surface area contributed by atoms with Crippen LogP contribution in [0.3, 0.4) is 0 Å². The van der Waals surface area contributed by atoms with Gasteiger partial charge in [-0.15, -0.1) is 0 Å². The van der Waals surface area contributed by atoms with Crippen molar-refractivity contribution < 1.29 is 0 Å². The molecule has 1 unspecified atom stereocenters. The summed E-state index contributed by atoms with van der Waals surface area (Å²) in [6, 6.07) is 5.87. The van der Waals surface area contributed by atoms with Crippen LogP contribution in [0.25, 0.3) is 0 Å². The van der Waals surface area contributed by atoms with E-state index in [0.717, 1.165) is 60.4 Å². The molecular formula is C19H25ClN4. The lowest BCUT2D eigenvalue weighted by atomic mass is 9.97. The van der Waals surface area contributed by atoms with E-state index < -0.39 is 0 Å². The summed E-state index contributed by atoms with van der Waals surface area (Å²) in [7, 11) is 2.17. The van der Waals surface area contributed by atoms with E-state index in [2.05, 4.69) is 41.8 Å². The Bertz CT molecular complexity index is 685. The lowest BCUT2D eigenvalue weighted by Gasteiger charge is -2.36. The van der Waals surface area contributed by atoms with Gasteiger partial charge < -0.3 is 9.80 Å². The van der Waals surface area contributed by atoms with Gasteiger partial charge in [0.25, 0.3) is 0 Å². The van der Waals surface area contributed by atoms with E-state index in [1.54, 1.807) is 0 Å². The summed E-state index contributed by atoms with van der Waals surface area (Å²) >= 11 is 6.09. The highest BCUT2D eigenvalue weighted by atomic mass is 35.5. The van der Waals surface area contributed by atoms with Gasteiger partial charge in [0.05, 0.1) is 11.4 Å². The molecule has 1 aromatic rings. The van der Waals surface area contributed by atoms with Crippen LogP contribution < -0.4 is 0 Å². The Morgan fingerprint density at radius 3 is 2.67 bits per heavy atom. The normalized spacial score (nSPS) is 22.7. The van der Waals surface area contributed by atoms with Crippen LogP contribution >= 0.6 is 11.6 Å². The maximum absolute atomic E-state index is 6.09. The monoisotopic (exact) mass is 344 g/mol. The van der Waals surface area contributed by atoms with Crippen LogP contribution in [-0.2, 0) is 0 Å². The summed E-state index contributed by atoms with van der Waals surface area (Å²) < 4.78 is 0. The highest BCUT2D eigenvalue weighted by Gasteiger charge is 2.25. The number of hydrogen-bond acceptors (Lipinski definition) is 3. The van der Waals surface area contributed by atoms with Crippen LogP contribution in [-0.4, -0.2) is 54.6 Å². The SMILES string of the molecule is Cc1cc(Cl)ccc1N=C(C1=NC=CCC1C)N1CCN(C)CC1. The largest absolute Gasteiger partial charge is 0.353 e. The second kappa shape index (κ2) is 7.49. The number of rotatable bonds is 2. The fourth-order valence-electron chi connectivity index (χ4n) is 3.08. The van der Waals surface area contributed by atoms with Gasteiger partial charge in [0.15, 0.2) is 5.84 Å². The molecule has 2 aliphatic rings. The second-order valence-corrected chi connectivity index (χ2v) is 7.13. The maximum Gasteiger partial charge on any atom is 0.151 e. The lowest BCUT2D eigenvalue weighted by Crippen LogP contribution is -2.50. The van der Waals surface area contributed by atoms with Crippen molar-refractivity contribution in [1.29, 1.82) is 0 Å². The topological polar surface area (TPSA) is 31.2 Å². The molecule has 0 spiro atoms. The number of aryl methyl sites for hydroxylation is 1. The van der Waals surface area contributed by atoms with E-state index in [0.29, 0.717) is 5.92 Å². The van der Waals surface area contributed by atoms with Crippen molar-refractivity contribution in [3.05, 3.63) is 41.1 Å². The summed E-state index contributed by atoms with van der Waals surface area (Å²) in [6.07, 6.45) is 5.06. The number of benzene rings is 1. The Morgan fingerprint density at radius 1 is 1.25 bits per heavy atom. The first kappa shape index (κ1) is 17.2. The second-order valence-electron chi connectivity index (χ2n) is 6.69. The number of nitrogens with zero attached hydrogens (tertiary/aromatic N) is 4. The van der Waals surface area contributed by atoms with Gasteiger partial charge in [-0.2, -0.15) is 0 Å². The first-order valence-electron chi connectivity index (χ1n) is 8.56. The van der Waals surface area contributed by atoms with E-state index in [1.807, 2.05) is 24.4 Å². The molecule has 1 aromatic carbocycles. The zero-order valence-electron chi connectivity index (χ0n) is 14.7. The number of allylic oxidation sites excluding steroid dienone is 1. The number of likely N-dealkylation sites (N-methyl/N-ethyl adjacent to an activating group) is 1. The quantitative estimate of drug-likeness (QED) is 0.601. The van der Waals surface area contributed by atoms with E-state index in [4.69, 9.17) is 16.6 Å². The average molecular weight is 345 g/mol. The van der Waals surface area contributed by atoms with Crippen molar-refractivity contribution in [2.24, 2.45) is 15.9 Å². The standard InChI is InChI=1S/C19H25ClN4/c1-14-5-4-8-21-18(14)19(24-11-9-23(3)10-12-24)22-17-7-6-16(20)13-15(17)2/h4,6-8,13-14H,5,9-12H2,1-3H3. The van der Waals surface area contributed by atoms with Crippen LogP contribution in [0.2, 0.25) is 5.02 Å². The molecule has 2 aliphatic heterocycles. The average Bonchev–Trinajstić information content (AvgIpc) is 2.56. The summed E-state index contributed by atoms with van der Waals surface area (Å²) in [5, 5.41) is 0.749. The van der Waals surface area contributed by atoms with Crippen molar-refractivity contribution in [1.82, 2.24) is 9.80 Å². The molecule has 1 saturated heterocycles. The van der Waals surface area contributed by atoms with Crippen LogP contribution in [0, 0.1) is 12.8 Å². The van der Waals surface area contributed by atoms with E-state index in [-0.39, 0.29) is 0 Å². The van der Waals surface area contributed by atoms with Gasteiger partial charge in [0, 0.05) is 43.3 Å². The minimum absolute atomic E-state index is 0.390. The van der Waals surface area contributed by atoms with Crippen LogP contribution in [0.15, 0.2) is 40.5 Å². The minimum atomic E-state index is 0.390. The molecule has 0 amide bonds. The molecule has 0 bridgehead atoms. The van der Waals surface area contributed by atoms with Crippen LogP contribution in [0.4, 0.5) is 5.69 Å². The minimum Gasteiger partial charge on any atom is -0.353 e. The van der Waals surface area contributed by atoms with E-state index in [1.165, 1.54) is 0 Å². The van der Waals surface area contributed by atoms with Crippen molar-refractivity contribution in [2.75, 3.05) is 33.2 Å². The van der Waals surface area contributed by atoms with Gasteiger partial charge in [-0.05, 0) is 44.2 Å². The molecule has 3 rings (SSSR count). The Hall–Kier alpha value is -1.65. The van der Waals surface area contributed by atoms with Crippen molar-refractivity contribution in [3.8, 4) is 0 Å². The molecule has 128 valence electrons. The Labute approximate surface area is 149 Å². The number of amidine groups is 1. The summed E-state index contributed by atoms with van der Waals surface area (Å²) in [5.41, 5.74) is 3.16. The van der Waals surface area contributed by atoms with E-state index in [9.17, 15) is 0 Å². The van der Waals surface area contributed by atoms with Gasteiger partial charge in [0.2, 0.25) is 0 Å². The summed E-state index contributed by atoms with van der Waals surface area (Å²) in [5.74, 6) is 1.41. The highest BCUT2D eigenvalue weighted by Crippen LogP contribution is 2.25. The summed E-state index contributed by atoms with van der Waals surface area (Å²) in [6.45, 7) is 8.35. The Morgan fingerprint density at radius 2 is 2.00 bits per heavy atom. The number of piperazine rings is 1. The molecular weight excluding hydrogens is 320 g/mol. The first-order chi connectivity index (χ1) is 11.5. The fourth-order valence-corrected chi connectivity index (χ4v) is 3.31. The van der Waals surface area contributed by atoms with Crippen molar-refractivity contribution in [2.45, 2.75) is 20.3 Å². The molecule has 4 nitrogen and oxygen atoms in total. The Balaban J connectivity index is 1.99. The molecule has 0 N–H and O–H groups in total. The zero-order valence-corrected chi connectivity index (χ0v) is 15.4. The fraction of sp³-hybridized carbons (Fsp3) is 0.474. The molecule has 1 atom stereocenters.